The molecule has 2 aliphatic heterocycles. The third-order valence-electron chi connectivity index (χ3n) is 5.15. The molecule has 4 rings (SSSR count). The van der Waals surface area contributed by atoms with Crippen molar-refractivity contribution in [3.63, 3.8) is 0 Å². The van der Waals surface area contributed by atoms with Crippen LogP contribution in [-0.4, -0.2) is 34.9 Å². The van der Waals surface area contributed by atoms with Crippen LogP contribution in [0.1, 0.15) is 35.4 Å². The average Bonchev–Trinajstić information content (AvgIpc) is 3.32. The number of anilines is 2. The van der Waals surface area contributed by atoms with Gasteiger partial charge in [0, 0.05) is 35.7 Å². The van der Waals surface area contributed by atoms with Crippen LogP contribution in [0.15, 0.2) is 18.2 Å². The van der Waals surface area contributed by atoms with E-state index in [9.17, 15) is 14.0 Å². The molecule has 0 bridgehead atoms. The van der Waals surface area contributed by atoms with Crippen LogP contribution < -0.4 is 10.6 Å². The summed E-state index contributed by atoms with van der Waals surface area (Å²) in [6.45, 7) is 5.30. The minimum atomic E-state index is -0.394. The summed E-state index contributed by atoms with van der Waals surface area (Å²) in [6.07, 6.45) is 3.76. The largest absolute Gasteiger partial charge is 0.357 e. The zero-order valence-electron chi connectivity index (χ0n) is 15.3. The molecule has 0 unspecified atom stereocenters. The van der Waals surface area contributed by atoms with E-state index in [4.69, 9.17) is 0 Å². The van der Waals surface area contributed by atoms with Gasteiger partial charge in [-0.05, 0) is 56.5 Å². The van der Waals surface area contributed by atoms with E-state index in [1.807, 2.05) is 13.8 Å². The summed E-state index contributed by atoms with van der Waals surface area (Å²) in [5, 5.41) is 5.71. The van der Waals surface area contributed by atoms with E-state index >= 15 is 0 Å². The molecule has 3 heterocycles. The minimum absolute atomic E-state index is 0.108. The standard InChI is InChI=1S/C20H21FN4O2/c1-11-17(10-15-14-9-13(21)5-6-16(14)23-19(15)26)22-12(2)18(11)24-20(27)25-7-3-4-8-25/h5-6,9-10,22H,3-4,7-8H2,1-2H3,(H,23,26)(H,24,27)/b15-10-. The monoisotopic (exact) mass is 368 g/mol. The molecule has 27 heavy (non-hydrogen) atoms. The van der Waals surface area contributed by atoms with Crippen molar-refractivity contribution < 1.29 is 14.0 Å². The Kier molecular flexibility index (Phi) is 4.22. The highest BCUT2D eigenvalue weighted by Crippen LogP contribution is 2.35. The van der Waals surface area contributed by atoms with Gasteiger partial charge < -0.3 is 20.5 Å². The quantitative estimate of drug-likeness (QED) is 0.703. The van der Waals surface area contributed by atoms with Gasteiger partial charge in [-0.3, -0.25) is 4.79 Å². The summed E-state index contributed by atoms with van der Waals surface area (Å²) in [5.74, 6) is -0.668. The second kappa shape index (κ2) is 6.57. The van der Waals surface area contributed by atoms with E-state index in [1.54, 1.807) is 17.0 Å². The molecule has 1 saturated heterocycles. The third kappa shape index (κ3) is 3.09. The summed E-state index contributed by atoms with van der Waals surface area (Å²) >= 11 is 0. The minimum Gasteiger partial charge on any atom is -0.357 e. The van der Waals surface area contributed by atoms with Crippen molar-refractivity contribution in [3.8, 4) is 0 Å². The van der Waals surface area contributed by atoms with Crippen LogP contribution in [0.4, 0.5) is 20.6 Å². The van der Waals surface area contributed by atoms with Gasteiger partial charge in [0.05, 0.1) is 11.3 Å². The lowest BCUT2D eigenvalue weighted by Gasteiger charge is -2.16. The molecule has 0 spiro atoms. The number of nitrogens with one attached hydrogen (secondary N) is 3. The predicted octanol–water partition coefficient (Wildman–Crippen LogP) is 3.89. The molecule has 0 saturated carbocycles. The highest BCUT2D eigenvalue weighted by molar-refractivity contribution is 6.34. The third-order valence-corrected chi connectivity index (χ3v) is 5.15. The zero-order chi connectivity index (χ0) is 19.1. The number of benzene rings is 1. The topological polar surface area (TPSA) is 77.2 Å². The Labute approximate surface area is 156 Å². The Morgan fingerprint density at radius 1 is 1.26 bits per heavy atom. The average molecular weight is 368 g/mol. The molecular formula is C20H21FN4O2. The zero-order valence-corrected chi connectivity index (χ0v) is 15.3. The second-order valence-electron chi connectivity index (χ2n) is 6.99. The number of nitrogens with zero attached hydrogens (tertiary/aromatic N) is 1. The molecule has 1 aromatic carbocycles. The Morgan fingerprint density at radius 2 is 2.00 bits per heavy atom. The first kappa shape index (κ1) is 17.3. The number of carbonyl (C=O) groups is 2. The van der Waals surface area contributed by atoms with Crippen LogP contribution in [0.25, 0.3) is 11.6 Å². The van der Waals surface area contributed by atoms with E-state index in [0.29, 0.717) is 22.5 Å². The predicted molar refractivity (Wildman–Crippen MR) is 103 cm³/mol. The number of fused-ring (bicyclic) bond motifs is 1. The fourth-order valence-corrected chi connectivity index (χ4v) is 3.66. The number of amides is 3. The number of aromatic amines is 1. The highest BCUT2D eigenvalue weighted by atomic mass is 19.1. The number of hydrogen-bond donors (Lipinski definition) is 3. The van der Waals surface area contributed by atoms with E-state index in [1.165, 1.54) is 12.1 Å². The van der Waals surface area contributed by atoms with Gasteiger partial charge in [0.1, 0.15) is 5.82 Å². The molecule has 1 fully saturated rings. The molecule has 1 aromatic heterocycles. The Balaban J connectivity index is 1.66. The molecular weight excluding hydrogens is 347 g/mol. The molecule has 0 radical (unpaired) electrons. The van der Waals surface area contributed by atoms with Crippen molar-refractivity contribution >= 4 is 35.0 Å². The summed E-state index contributed by atoms with van der Waals surface area (Å²) < 4.78 is 13.6. The molecule has 2 aromatic rings. The summed E-state index contributed by atoms with van der Waals surface area (Å²) in [7, 11) is 0. The maximum Gasteiger partial charge on any atom is 0.321 e. The summed E-state index contributed by atoms with van der Waals surface area (Å²) in [4.78, 5) is 29.7. The first-order chi connectivity index (χ1) is 12.9. The lowest BCUT2D eigenvalue weighted by Crippen LogP contribution is -2.32. The van der Waals surface area contributed by atoms with Gasteiger partial charge in [0.2, 0.25) is 0 Å². The fourth-order valence-electron chi connectivity index (χ4n) is 3.66. The van der Waals surface area contributed by atoms with Crippen LogP contribution in [0.5, 0.6) is 0 Å². The normalized spacial score (nSPS) is 17.4. The lowest BCUT2D eigenvalue weighted by molar-refractivity contribution is -0.110. The number of rotatable bonds is 2. The summed E-state index contributed by atoms with van der Waals surface area (Å²) in [6, 6.07) is 4.11. The van der Waals surface area contributed by atoms with Crippen LogP contribution in [0, 0.1) is 19.7 Å². The van der Waals surface area contributed by atoms with Crippen molar-refractivity contribution in [3.05, 3.63) is 46.5 Å². The number of likely N-dealkylation sites (tertiary alicyclic amines) is 1. The number of aryl methyl sites for hydroxylation is 1. The number of carbonyl (C=O) groups excluding carboxylic acids is 2. The van der Waals surface area contributed by atoms with E-state index < -0.39 is 5.82 Å². The maximum atomic E-state index is 13.6. The van der Waals surface area contributed by atoms with Crippen LogP contribution in [-0.2, 0) is 4.79 Å². The number of halogens is 1. The molecule has 6 nitrogen and oxygen atoms in total. The molecule has 0 atom stereocenters. The Morgan fingerprint density at radius 3 is 2.74 bits per heavy atom. The van der Waals surface area contributed by atoms with Gasteiger partial charge in [0.25, 0.3) is 5.91 Å². The van der Waals surface area contributed by atoms with E-state index in [0.717, 1.165) is 42.9 Å². The highest BCUT2D eigenvalue weighted by Gasteiger charge is 2.26. The van der Waals surface area contributed by atoms with Crippen molar-refractivity contribution in [2.75, 3.05) is 23.7 Å². The number of urea groups is 1. The number of hydrogen-bond acceptors (Lipinski definition) is 2. The number of H-pyrrole nitrogens is 1. The smallest absolute Gasteiger partial charge is 0.321 e. The molecule has 3 amide bonds. The number of aromatic nitrogens is 1. The van der Waals surface area contributed by atoms with Crippen molar-refractivity contribution in [1.29, 1.82) is 0 Å². The first-order valence-corrected chi connectivity index (χ1v) is 9.02. The maximum absolute atomic E-state index is 13.6. The van der Waals surface area contributed by atoms with Gasteiger partial charge >= 0.3 is 6.03 Å². The van der Waals surface area contributed by atoms with Crippen molar-refractivity contribution in [1.82, 2.24) is 9.88 Å². The SMILES string of the molecule is Cc1[nH]c(/C=C2\C(=O)Nc3ccc(F)cc32)c(C)c1NC(=O)N1CCCC1. The van der Waals surface area contributed by atoms with E-state index in [-0.39, 0.29) is 11.9 Å². The van der Waals surface area contributed by atoms with E-state index in [2.05, 4.69) is 15.6 Å². The van der Waals surface area contributed by atoms with Gasteiger partial charge in [-0.15, -0.1) is 0 Å². The molecule has 0 aliphatic carbocycles. The molecule has 7 heteroatoms. The molecule has 2 aliphatic rings. The van der Waals surface area contributed by atoms with Gasteiger partial charge in [-0.1, -0.05) is 0 Å². The van der Waals surface area contributed by atoms with Crippen LogP contribution in [0.2, 0.25) is 0 Å². The second-order valence-corrected chi connectivity index (χ2v) is 6.99. The Bertz CT molecular complexity index is 971. The summed E-state index contributed by atoms with van der Waals surface area (Å²) in [5.41, 5.74) is 4.61. The van der Waals surface area contributed by atoms with Gasteiger partial charge in [-0.2, -0.15) is 0 Å². The van der Waals surface area contributed by atoms with Crippen LogP contribution >= 0.6 is 0 Å². The fraction of sp³-hybridized carbons (Fsp3) is 0.300. The lowest BCUT2D eigenvalue weighted by atomic mass is 10.0. The molecule has 3 N–H and O–H groups in total. The van der Waals surface area contributed by atoms with Gasteiger partial charge in [-0.25, -0.2) is 9.18 Å². The van der Waals surface area contributed by atoms with Crippen molar-refractivity contribution in [2.24, 2.45) is 0 Å². The molecule has 140 valence electrons. The van der Waals surface area contributed by atoms with Gasteiger partial charge in [0.15, 0.2) is 0 Å². The Hall–Kier alpha value is -3.09. The van der Waals surface area contributed by atoms with Crippen LogP contribution in [0.3, 0.4) is 0 Å². The van der Waals surface area contributed by atoms with Crippen molar-refractivity contribution in [2.45, 2.75) is 26.7 Å². The first-order valence-electron chi connectivity index (χ1n) is 9.02.